The maximum Gasteiger partial charge on any atom is 0.412 e. The molecule has 3 heterocycles. The first-order valence-corrected chi connectivity index (χ1v) is 11.8. The topological polar surface area (TPSA) is 110 Å². The van der Waals surface area contributed by atoms with Gasteiger partial charge >= 0.3 is 6.09 Å². The predicted octanol–water partition coefficient (Wildman–Crippen LogP) is 3.81. The van der Waals surface area contributed by atoms with Crippen LogP contribution >= 0.6 is 0 Å². The molecule has 0 radical (unpaired) electrons. The number of nitrogens with two attached hydrogens (primary N) is 1. The van der Waals surface area contributed by atoms with Crippen LogP contribution in [0.1, 0.15) is 27.2 Å². The number of fused-ring (bicyclic) bond motifs is 1. The van der Waals surface area contributed by atoms with Crippen molar-refractivity contribution in [3.63, 3.8) is 0 Å². The largest absolute Gasteiger partial charge is 0.495 e. The highest BCUT2D eigenvalue weighted by atomic mass is 19.1. The number of piperidine rings is 1. The Morgan fingerprint density at radius 2 is 2.03 bits per heavy atom. The van der Waals surface area contributed by atoms with Gasteiger partial charge in [-0.2, -0.15) is 5.10 Å². The van der Waals surface area contributed by atoms with E-state index in [1.807, 2.05) is 36.0 Å². The monoisotopic (exact) mass is 499 g/mol. The van der Waals surface area contributed by atoms with Crippen LogP contribution in [0.5, 0.6) is 5.75 Å². The molecule has 11 heteroatoms. The van der Waals surface area contributed by atoms with Crippen LogP contribution in [0, 0.1) is 0 Å². The van der Waals surface area contributed by atoms with E-state index in [4.69, 9.17) is 15.2 Å². The first kappa shape index (κ1) is 25.5. The number of nitrogens with zero attached hydrogens (tertiary/aromatic N) is 5. The number of alkyl halides is 1. The van der Waals surface area contributed by atoms with E-state index in [1.54, 1.807) is 37.4 Å². The van der Waals surface area contributed by atoms with Crippen molar-refractivity contribution in [2.75, 3.05) is 50.2 Å². The lowest BCUT2D eigenvalue weighted by Gasteiger charge is -2.38. The lowest BCUT2D eigenvalue weighted by molar-refractivity contribution is 0.0635. The molecule has 1 saturated heterocycles. The van der Waals surface area contributed by atoms with Crippen LogP contribution in [0.2, 0.25) is 0 Å². The van der Waals surface area contributed by atoms with Crippen molar-refractivity contribution in [2.45, 2.75) is 45.0 Å². The quantitative estimate of drug-likeness (QED) is 0.545. The van der Waals surface area contributed by atoms with Gasteiger partial charge in [-0.25, -0.2) is 18.7 Å². The Labute approximate surface area is 210 Å². The fraction of sp³-hybridized carbons (Fsp3) is 0.480. The van der Waals surface area contributed by atoms with Gasteiger partial charge in [-0.1, -0.05) is 6.07 Å². The number of amides is 1. The summed E-state index contributed by atoms with van der Waals surface area (Å²) in [6.45, 7) is 6.32. The highest BCUT2D eigenvalue weighted by molar-refractivity contribution is 5.93. The zero-order valence-corrected chi connectivity index (χ0v) is 21.6. The summed E-state index contributed by atoms with van der Waals surface area (Å²) < 4.78 is 27.6. The Hall–Kier alpha value is -3.60. The van der Waals surface area contributed by atoms with Crippen LogP contribution in [0.4, 0.5) is 26.5 Å². The summed E-state index contributed by atoms with van der Waals surface area (Å²) in [6.07, 6.45) is 0.504. The van der Waals surface area contributed by atoms with Gasteiger partial charge in [-0.3, -0.25) is 5.32 Å². The van der Waals surface area contributed by atoms with Crippen molar-refractivity contribution < 1.29 is 18.7 Å². The van der Waals surface area contributed by atoms with Gasteiger partial charge in [0.2, 0.25) is 0 Å². The van der Waals surface area contributed by atoms with E-state index in [2.05, 4.69) is 15.4 Å². The smallest absolute Gasteiger partial charge is 0.412 e. The molecular weight excluding hydrogens is 465 g/mol. The molecule has 1 fully saturated rings. The van der Waals surface area contributed by atoms with Gasteiger partial charge in [0.25, 0.3) is 0 Å². The Morgan fingerprint density at radius 3 is 2.67 bits per heavy atom. The highest BCUT2D eigenvalue weighted by Gasteiger charge is 2.32. The SMILES string of the molecule is COc1cc(-c2cc(N3CC[C@@H](N(C)C)[C@@H](F)C3)n3ncnc(N)c23)ccc1NC(=O)OC(C)(C)C. The van der Waals surface area contributed by atoms with Gasteiger partial charge in [-0.15, -0.1) is 0 Å². The number of ether oxygens (including phenoxy) is 2. The molecule has 0 unspecified atom stereocenters. The molecular formula is C25H34FN7O3. The zero-order valence-electron chi connectivity index (χ0n) is 21.6. The van der Waals surface area contributed by atoms with Crippen LogP contribution in [0.3, 0.4) is 0 Å². The van der Waals surface area contributed by atoms with Crippen molar-refractivity contribution in [3.8, 4) is 16.9 Å². The molecule has 3 N–H and O–H groups in total. The number of aromatic nitrogens is 3. The molecule has 10 nitrogen and oxygen atoms in total. The summed E-state index contributed by atoms with van der Waals surface area (Å²) in [5.74, 6) is 1.50. The van der Waals surface area contributed by atoms with Crippen LogP contribution in [-0.4, -0.2) is 77.7 Å². The molecule has 2 aromatic heterocycles. The number of nitrogens with one attached hydrogen (secondary N) is 1. The van der Waals surface area contributed by atoms with Crippen molar-refractivity contribution in [3.05, 3.63) is 30.6 Å². The number of anilines is 3. The summed E-state index contributed by atoms with van der Waals surface area (Å²) in [6, 6.07) is 7.20. The normalized spacial score (nSPS) is 18.5. The summed E-state index contributed by atoms with van der Waals surface area (Å²) in [7, 11) is 5.33. The van der Waals surface area contributed by atoms with Crippen molar-refractivity contribution in [2.24, 2.45) is 0 Å². The minimum absolute atomic E-state index is 0.124. The minimum atomic E-state index is -1.000. The van der Waals surface area contributed by atoms with Crippen LogP contribution in [-0.2, 0) is 4.74 Å². The minimum Gasteiger partial charge on any atom is -0.495 e. The number of hydrogen-bond donors (Lipinski definition) is 2. The van der Waals surface area contributed by atoms with E-state index in [0.29, 0.717) is 35.7 Å². The third-order valence-electron chi connectivity index (χ3n) is 6.21. The first-order chi connectivity index (χ1) is 17.0. The Kier molecular flexibility index (Phi) is 6.94. The first-order valence-electron chi connectivity index (χ1n) is 11.8. The van der Waals surface area contributed by atoms with Crippen molar-refractivity contribution in [1.82, 2.24) is 19.5 Å². The van der Waals surface area contributed by atoms with Crippen molar-refractivity contribution in [1.29, 1.82) is 0 Å². The third-order valence-corrected chi connectivity index (χ3v) is 6.21. The Balaban J connectivity index is 1.71. The number of methoxy groups -OCH3 is 1. The van der Waals surface area contributed by atoms with Gasteiger partial charge in [0.15, 0.2) is 5.82 Å². The van der Waals surface area contributed by atoms with E-state index in [-0.39, 0.29) is 12.6 Å². The van der Waals surface area contributed by atoms with Gasteiger partial charge in [0.1, 0.15) is 35.2 Å². The molecule has 0 saturated carbocycles. The van der Waals surface area contributed by atoms with Crippen LogP contribution in [0.25, 0.3) is 16.6 Å². The number of rotatable bonds is 5. The zero-order chi connectivity index (χ0) is 26.2. The van der Waals surface area contributed by atoms with E-state index < -0.39 is 17.9 Å². The standard InChI is InChI=1S/C25H34FN7O3/c1-25(2,3)36-24(34)30-18-8-7-15(11-20(18)35-6)16-12-21(33-22(16)23(27)28-14-29-33)32-10-9-19(31(4)5)17(26)13-32/h7-8,11-12,14,17,19H,9-10,13H2,1-6H3,(H,30,34)(H2,27,28,29)/t17-,19+/m0/s1. The third kappa shape index (κ3) is 5.15. The lowest BCUT2D eigenvalue weighted by atomic mass is 10.0. The van der Waals surface area contributed by atoms with Crippen LogP contribution < -0.4 is 20.7 Å². The molecule has 194 valence electrons. The van der Waals surface area contributed by atoms with Gasteiger partial charge in [0, 0.05) is 18.2 Å². The summed E-state index contributed by atoms with van der Waals surface area (Å²) in [4.78, 5) is 20.4. The molecule has 36 heavy (non-hydrogen) atoms. The van der Waals surface area contributed by atoms with E-state index in [9.17, 15) is 9.18 Å². The summed E-state index contributed by atoms with van der Waals surface area (Å²) in [5.41, 5.74) is 8.29. The van der Waals surface area contributed by atoms with E-state index >= 15 is 0 Å². The molecule has 1 aromatic carbocycles. The molecule has 0 spiro atoms. The second-order valence-electron chi connectivity index (χ2n) is 10.1. The average molecular weight is 500 g/mol. The number of halogens is 1. The summed E-state index contributed by atoms with van der Waals surface area (Å²) in [5, 5.41) is 7.15. The van der Waals surface area contributed by atoms with Gasteiger partial charge in [-0.05, 0) is 65.0 Å². The lowest BCUT2D eigenvalue weighted by Crippen LogP contribution is -2.50. The number of nitrogen functional groups attached to an aromatic ring is 1. The number of hydrogen-bond acceptors (Lipinski definition) is 8. The number of carbonyl (C=O) groups excluding carboxylic acids is 1. The number of carbonyl (C=O) groups is 1. The second kappa shape index (κ2) is 9.81. The maximum absolute atomic E-state index is 15.0. The Morgan fingerprint density at radius 1 is 1.28 bits per heavy atom. The fourth-order valence-corrected chi connectivity index (χ4v) is 4.55. The highest BCUT2D eigenvalue weighted by Crippen LogP contribution is 2.38. The van der Waals surface area contributed by atoms with E-state index in [1.165, 1.54) is 13.4 Å². The van der Waals surface area contributed by atoms with E-state index in [0.717, 1.165) is 16.9 Å². The molecule has 0 aliphatic carbocycles. The number of benzene rings is 1. The molecule has 0 bridgehead atoms. The maximum atomic E-state index is 15.0. The fourth-order valence-electron chi connectivity index (χ4n) is 4.55. The Bertz CT molecular complexity index is 1250. The van der Waals surface area contributed by atoms with Crippen molar-refractivity contribution >= 4 is 28.9 Å². The molecule has 3 aromatic rings. The average Bonchev–Trinajstić information content (AvgIpc) is 3.19. The molecule has 2 atom stereocenters. The predicted molar refractivity (Wildman–Crippen MR) is 138 cm³/mol. The molecule has 1 aliphatic heterocycles. The second-order valence-corrected chi connectivity index (χ2v) is 10.1. The van der Waals surface area contributed by atoms with Gasteiger partial charge in [0.05, 0.1) is 19.3 Å². The summed E-state index contributed by atoms with van der Waals surface area (Å²) >= 11 is 0. The molecule has 1 amide bonds. The van der Waals surface area contributed by atoms with Crippen LogP contribution in [0.15, 0.2) is 30.6 Å². The molecule has 1 aliphatic rings. The van der Waals surface area contributed by atoms with Gasteiger partial charge < -0.3 is 25.0 Å². The molecule has 4 rings (SSSR count).